The van der Waals surface area contributed by atoms with Crippen LogP contribution in [0.4, 0.5) is 0 Å². The first-order valence-electron chi connectivity index (χ1n) is 8.12. The van der Waals surface area contributed by atoms with Gasteiger partial charge in [-0.25, -0.2) is 0 Å². The Balaban J connectivity index is 2.14. The highest BCUT2D eigenvalue weighted by Gasteiger charge is 2.12. The lowest BCUT2D eigenvalue weighted by Crippen LogP contribution is -2.24. The molecule has 1 fully saturated rings. The lowest BCUT2D eigenvalue weighted by molar-refractivity contribution is 0.196. The van der Waals surface area contributed by atoms with Crippen molar-refractivity contribution in [2.45, 2.75) is 71.3 Å². The molecule has 0 saturated heterocycles. The smallest absolute Gasteiger partial charge is 0.321 e. The van der Waals surface area contributed by atoms with Gasteiger partial charge in [-0.1, -0.05) is 20.3 Å². The third-order valence-electron chi connectivity index (χ3n) is 3.38. The molecule has 0 spiro atoms. The minimum absolute atomic E-state index is 0.856. The van der Waals surface area contributed by atoms with Crippen LogP contribution in [0.15, 0.2) is 4.99 Å². The molecule has 0 aliphatic heterocycles. The second kappa shape index (κ2) is 11.6. The van der Waals surface area contributed by atoms with E-state index in [0.29, 0.717) is 0 Å². The molecule has 1 aliphatic carbocycles. The second-order valence-corrected chi connectivity index (χ2v) is 7.43. The summed E-state index contributed by atoms with van der Waals surface area (Å²) >= 11 is 0. The number of hydrogen-bond donors (Lipinski definition) is 0. The molecule has 0 atom stereocenters. The van der Waals surface area contributed by atoms with Gasteiger partial charge in [0, 0.05) is 25.5 Å². The van der Waals surface area contributed by atoms with Crippen LogP contribution in [0.5, 0.6) is 0 Å². The van der Waals surface area contributed by atoms with Crippen molar-refractivity contribution in [3.05, 3.63) is 0 Å². The Hall–Kier alpha value is -0.193. The SMILES string of the molecule is CCCO[SiH](CCCN=C1CCCCC1)OCCC. The van der Waals surface area contributed by atoms with Crippen LogP contribution >= 0.6 is 0 Å². The maximum Gasteiger partial charge on any atom is 0.321 e. The van der Waals surface area contributed by atoms with Gasteiger partial charge in [-0.05, 0) is 51.0 Å². The Bertz CT molecular complexity index is 230. The van der Waals surface area contributed by atoms with E-state index in [1.165, 1.54) is 37.8 Å². The predicted octanol–water partition coefficient (Wildman–Crippen LogP) is 3.86. The standard InChI is InChI=1S/C15H31NO2Si/c1-3-12-17-19(18-13-4-2)14-8-11-16-15-9-6-5-7-10-15/h19H,3-14H2,1-2H3. The molecule has 0 radical (unpaired) electrons. The molecule has 0 unspecified atom stereocenters. The van der Waals surface area contributed by atoms with Crippen LogP contribution in [0.25, 0.3) is 0 Å². The predicted molar refractivity (Wildman–Crippen MR) is 84.4 cm³/mol. The Morgan fingerprint density at radius 1 is 1.00 bits per heavy atom. The summed E-state index contributed by atoms with van der Waals surface area (Å²) in [5.41, 5.74) is 1.45. The summed E-state index contributed by atoms with van der Waals surface area (Å²) < 4.78 is 11.7. The fourth-order valence-corrected chi connectivity index (χ4v) is 4.27. The molecule has 0 bridgehead atoms. The lowest BCUT2D eigenvalue weighted by Gasteiger charge is -2.16. The largest absolute Gasteiger partial charge is 0.397 e. The molecule has 1 aliphatic rings. The third kappa shape index (κ3) is 8.55. The van der Waals surface area contributed by atoms with E-state index in [2.05, 4.69) is 13.8 Å². The van der Waals surface area contributed by atoms with Crippen LogP contribution in [0.3, 0.4) is 0 Å². The van der Waals surface area contributed by atoms with E-state index in [-0.39, 0.29) is 0 Å². The average molecular weight is 286 g/mol. The molecule has 0 amide bonds. The molecule has 112 valence electrons. The summed E-state index contributed by atoms with van der Waals surface area (Å²) in [5, 5.41) is 0. The number of aliphatic imine (C=N–C) groups is 1. The molecule has 0 aromatic carbocycles. The summed E-state index contributed by atoms with van der Waals surface area (Å²) in [6.45, 7) is 6.99. The molecular weight excluding hydrogens is 254 g/mol. The summed E-state index contributed by atoms with van der Waals surface area (Å²) in [4.78, 5) is 4.74. The highest BCUT2D eigenvalue weighted by molar-refractivity contribution is 6.44. The molecule has 1 saturated carbocycles. The maximum absolute atomic E-state index is 5.85. The normalized spacial score (nSPS) is 16.1. The van der Waals surface area contributed by atoms with E-state index in [0.717, 1.165) is 45.1 Å². The van der Waals surface area contributed by atoms with Crippen molar-refractivity contribution < 1.29 is 8.85 Å². The van der Waals surface area contributed by atoms with Gasteiger partial charge < -0.3 is 8.85 Å². The summed E-state index contributed by atoms with van der Waals surface area (Å²) in [7, 11) is -1.41. The van der Waals surface area contributed by atoms with Crippen LogP contribution in [0, 0.1) is 0 Å². The molecule has 4 heteroatoms. The minimum atomic E-state index is -1.41. The molecule has 0 aromatic heterocycles. The Kier molecular flexibility index (Phi) is 10.3. The van der Waals surface area contributed by atoms with Crippen LogP contribution in [-0.4, -0.2) is 34.8 Å². The van der Waals surface area contributed by atoms with Gasteiger partial charge in [0.1, 0.15) is 0 Å². The van der Waals surface area contributed by atoms with E-state index in [1.807, 2.05) is 0 Å². The molecular formula is C15H31NO2Si. The van der Waals surface area contributed by atoms with Crippen molar-refractivity contribution in [2.24, 2.45) is 4.99 Å². The molecule has 0 N–H and O–H groups in total. The zero-order valence-electron chi connectivity index (χ0n) is 12.8. The summed E-state index contributed by atoms with van der Waals surface area (Å²) in [6, 6.07) is 1.11. The van der Waals surface area contributed by atoms with Gasteiger partial charge in [0.2, 0.25) is 0 Å². The molecule has 1 rings (SSSR count). The van der Waals surface area contributed by atoms with Crippen molar-refractivity contribution in [3.8, 4) is 0 Å². The van der Waals surface area contributed by atoms with E-state index in [9.17, 15) is 0 Å². The molecule has 0 aromatic rings. The zero-order chi connectivity index (χ0) is 13.8. The number of nitrogens with zero attached hydrogens (tertiary/aromatic N) is 1. The van der Waals surface area contributed by atoms with Crippen LogP contribution < -0.4 is 0 Å². The topological polar surface area (TPSA) is 30.8 Å². The first kappa shape index (κ1) is 16.9. The molecule has 19 heavy (non-hydrogen) atoms. The van der Waals surface area contributed by atoms with Crippen molar-refractivity contribution in [2.75, 3.05) is 19.8 Å². The second-order valence-electron chi connectivity index (χ2n) is 5.32. The van der Waals surface area contributed by atoms with E-state index in [1.54, 1.807) is 0 Å². The van der Waals surface area contributed by atoms with Gasteiger partial charge in [0.25, 0.3) is 0 Å². The zero-order valence-corrected chi connectivity index (χ0v) is 14.0. The number of rotatable bonds is 10. The lowest BCUT2D eigenvalue weighted by atomic mass is 9.98. The van der Waals surface area contributed by atoms with Gasteiger partial charge in [0.05, 0.1) is 0 Å². The quantitative estimate of drug-likeness (QED) is 0.451. The fraction of sp³-hybridized carbons (Fsp3) is 0.933. The van der Waals surface area contributed by atoms with Gasteiger partial charge in [-0.15, -0.1) is 0 Å². The van der Waals surface area contributed by atoms with Crippen molar-refractivity contribution >= 4 is 15.0 Å². The number of hydrogen-bond acceptors (Lipinski definition) is 3. The molecule has 3 nitrogen and oxygen atoms in total. The monoisotopic (exact) mass is 285 g/mol. The van der Waals surface area contributed by atoms with Crippen LogP contribution in [0.1, 0.15) is 65.2 Å². The first-order chi connectivity index (χ1) is 9.36. The fourth-order valence-electron chi connectivity index (χ4n) is 2.33. The van der Waals surface area contributed by atoms with Crippen molar-refractivity contribution in [3.63, 3.8) is 0 Å². The Morgan fingerprint density at radius 2 is 1.63 bits per heavy atom. The van der Waals surface area contributed by atoms with E-state index >= 15 is 0 Å². The van der Waals surface area contributed by atoms with Gasteiger partial charge in [-0.3, -0.25) is 4.99 Å². The van der Waals surface area contributed by atoms with Crippen molar-refractivity contribution in [1.29, 1.82) is 0 Å². The Morgan fingerprint density at radius 3 is 2.21 bits per heavy atom. The maximum atomic E-state index is 5.85. The van der Waals surface area contributed by atoms with Gasteiger partial charge >= 0.3 is 9.28 Å². The van der Waals surface area contributed by atoms with E-state index < -0.39 is 9.28 Å². The van der Waals surface area contributed by atoms with Crippen molar-refractivity contribution in [1.82, 2.24) is 0 Å². The highest BCUT2D eigenvalue weighted by Crippen LogP contribution is 2.15. The van der Waals surface area contributed by atoms with Gasteiger partial charge in [-0.2, -0.15) is 0 Å². The minimum Gasteiger partial charge on any atom is -0.397 e. The van der Waals surface area contributed by atoms with Crippen LogP contribution in [0.2, 0.25) is 6.04 Å². The first-order valence-corrected chi connectivity index (χ1v) is 9.88. The average Bonchev–Trinajstić information content (AvgIpc) is 2.46. The summed E-state index contributed by atoms with van der Waals surface area (Å²) in [5.74, 6) is 0. The van der Waals surface area contributed by atoms with Crippen LogP contribution in [-0.2, 0) is 8.85 Å². The highest BCUT2D eigenvalue weighted by atomic mass is 28.3. The Labute approximate surface area is 120 Å². The third-order valence-corrected chi connectivity index (χ3v) is 5.47. The molecule has 0 heterocycles. The summed E-state index contributed by atoms with van der Waals surface area (Å²) in [6.07, 6.45) is 9.85. The van der Waals surface area contributed by atoms with E-state index in [4.69, 9.17) is 13.8 Å². The van der Waals surface area contributed by atoms with Gasteiger partial charge in [0.15, 0.2) is 0 Å².